The van der Waals surface area contributed by atoms with Crippen LogP contribution in [-0.4, -0.2) is 78.4 Å². The van der Waals surface area contributed by atoms with E-state index in [1.165, 1.54) is 0 Å². The summed E-state index contributed by atoms with van der Waals surface area (Å²) in [5, 5.41) is 4.64. The van der Waals surface area contributed by atoms with Gasteiger partial charge in [0.1, 0.15) is 0 Å². The van der Waals surface area contributed by atoms with E-state index in [0.29, 0.717) is 55.6 Å². The molecule has 4 aromatic rings. The Morgan fingerprint density at radius 1 is 0.895 bits per heavy atom. The van der Waals surface area contributed by atoms with E-state index < -0.39 is 0 Å². The lowest BCUT2D eigenvalue weighted by molar-refractivity contribution is 0.0303. The Bertz CT molecular complexity index is 1540. The first-order chi connectivity index (χ1) is 18.6. The van der Waals surface area contributed by atoms with E-state index in [9.17, 15) is 9.59 Å². The molecule has 2 aliphatic heterocycles. The summed E-state index contributed by atoms with van der Waals surface area (Å²) in [6.07, 6.45) is 2.40. The summed E-state index contributed by atoms with van der Waals surface area (Å²) in [7, 11) is 3.17. The van der Waals surface area contributed by atoms with Crippen molar-refractivity contribution in [2.75, 3.05) is 52.0 Å². The van der Waals surface area contributed by atoms with Crippen LogP contribution in [0.1, 0.15) is 26.4 Å². The highest BCUT2D eigenvalue weighted by Crippen LogP contribution is 2.33. The molecule has 194 valence electrons. The molecule has 10 nitrogen and oxygen atoms in total. The minimum Gasteiger partial charge on any atom is -0.493 e. The number of fused-ring (bicyclic) bond motifs is 2. The lowest BCUT2D eigenvalue weighted by Crippen LogP contribution is -2.40. The van der Waals surface area contributed by atoms with Crippen molar-refractivity contribution in [3.05, 3.63) is 71.5 Å². The van der Waals surface area contributed by atoms with Gasteiger partial charge in [-0.2, -0.15) is 5.10 Å². The number of anilines is 1. The number of methoxy groups -OCH3 is 2. The molecule has 0 saturated carbocycles. The van der Waals surface area contributed by atoms with E-state index in [1.54, 1.807) is 40.8 Å². The average molecular weight is 514 g/mol. The highest BCUT2D eigenvalue weighted by atomic mass is 16.5. The largest absolute Gasteiger partial charge is 0.493 e. The van der Waals surface area contributed by atoms with E-state index in [2.05, 4.69) is 10.1 Å². The highest BCUT2D eigenvalue weighted by molar-refractivity contribution is 6.07. The van der Waals surface area contributed by atoms with Crippen LogP contribution in [0.2, 0.25) is 0 Å². The first-order valence-corrected chi connectivity index (χ1v) is 12.5. The van der Waals surface area contributed by atoms with Crippen molar-refractivity contribution >= 4 is 23.1 Å². The Labute approximate surface area is 219 Å². The molecule has 1 saturated heterocycles. The normalized spacial score (nSPS) is 15.0. The summed E-state index contributed by atoms with van der Waals surface area (Å²) < 4.78 is 17.8. The summed E-state index contributed by atoms with van der Waals surface area (Å²) >= 11 is 0. The van der Waals surface area contributed by atoms with E-state index in [-0.39, 0.29) is 17.5 Å². The number of carbonyl (C=O) groups is 2. The van der Waals surface area contributed by atoms with Gasteiger partial charge in [0, 0.05) is 48.7 Å². The van der Waals surface area contributed by atoms with E-state index in [0.717, 1.165) is 28.9 Å². The fraction of sp³-hybridized carbons (Fsp3) is 0.286. The van der Waals surface area contributed by atoms with Gasteiger partial charge >= 0.3 is 0 Å². The zero-order valence-corrected chi connectivity index (χ0v) is 21.2. The van der Waals surface area contributed by atoms with E-state index in [1.807, 2.05) is 42.5 Å². The Kier molecular flexibility index (Phi) is 6.16. The SMILES string of the molecule is COc1ccc(-c2ccnc3cc(C(=O)N4CCc5ccc(C(=O)N6CCOCC6)cc54)nn23)cc1OC. The van der Waals surface area contributed by atoms with Crippen LogP contribution in [0.15, 0.2) is 54.7 Å². The second-order valence-electron chi connectivity index (χ2n) is 9.15. The molecule has 0 spiro atoms. The van der Waals surface area contributed by atoms with Gasteiger partial charge in [-0.05, 0) is 48.4 Å². The van der Waals surface area contributed by atoms with Gasteiger partial charge in [0.05, 0.1) is 33.1 Å². The van der Waals surface area contributed by atoms with Crippen LogP contribution in [0.25, 0.3) is 16.9 Å². The summed E-state index contributed by atoms with van der Waals surface area (Å²) in [5.41, 5.74) is 4.78. The van der Waals surface area contributed by atoms with Gasteiger partial charge in [0.2, 0.25) is 0 Å². The number of ether oxygens (including phenoxy) is 3. The third kappa shape index (κ3) is 4.12. The molecule has 0 atom stereocenters. The quantitative estimate of drug-likeness (QED) is 0.404. The van der Waals surface area contributed by atoms with Crippen LogP contribution in [-0.2, 0) is 11.2 Å². The van der Waals surface area contributed by atoms with Gasteiger partial charge in [-0.15, -0.1) is 0 Å². The molecule has 0 aliphatic carbocycles. The van der Waals surface area contributed by atoms with Crippen LogP contribution in [0.3, 0.4) is 0 Å². The lowest BCUT2D eigenvalue weighted by Gasteiger charge is -2.27. The molecule has 38 heavy (non-hydrogen) atoms. The predicted molar refractivity (Wildman–Crippen MR) is 140 cm³/mol. The fourth-order valence-corrected chi connectivity index (χ4v) is 5.02. The van der Waals surface area contributed by atoms with Crippen molar-refractivity contribution in [1.29, 1.82) is 0 Å². The van der Waals surface area contributed by atoms with Crippen LogP contribution in [0.5, 0.6) is 11.5 Å². The van der Waals surface area contributed by atoms with Crippen molar-refractivity contribution in [2.24, 2.45) is 0 Å². The molecule has 2 aromatic heterocycles. The maximum atomic E-state index is 13.7. The van der Waals surface area contributed by atoms with Crippen molar-refractivity contribution in [1.82, 2.24) is 19.5 Å². The number of morpholine rings is 1. The number of hydrogen-bond acceptors (Lipinski definition) is 7. The summed E-state index contributed by atoms with van der Waals surface area (Å²) in [6.45, 7) is 2.72. The number of nitrogens with zero attached hydrogens (tertiary/aromatic N) is 5. The maximum absolute atomic E-state index is 13.7. The number of amides is 2. The fourth-order valence-electron chi connectivity index (χ4n) is 5.02. The second-order valence-corrected chi connectivity index (χ2v) is 9.15. The minimum atomic E-state index is -0.233. The van der Waals surface area contributed by atoms with Gasteiger partial charge in [-0.3, -0.25) is 9.59 Å². The van der Waals surface area contributed by atoms with Crippen molar-refractivity contribution in [3.8, 4) is 22.8 Å². The van der Waals surface area contributed by atoms with Gasteiger partial charge in [-0.25, -0.2) is 9.50 Å². The standard InChI is InChI=1S/C28H27N5O5/c1-36-24-6-5-19(16-25(24)37-2)22-7-9-29-26-17-21(30-33(22)26)28(35)32-10-8-18-3-4-20(15-23(18)32)27(34)31-11-13-38-14-12-31/h3-7,9,15-17H,8,10-14H2,1-2H3. The second kappa shape index (κ2) is 9.79. The molecule has 1 fully saturated rings. The Hall–Kier alpha value is -4.44. The van der Waals surface area contributed by atoms with Crippen LogP contribution >= 0.6 is 0 Å². The number of aromatic nitrogens is 3. The van der Waals surface area contributed by atoms with Crippen molar-refractivity contribution in [3.63, 3.8) is 0 Å². The zero-order valence-electron chi connectivity index (χ0n) is 21.2. The van der Waals surface area contributed by atoms with E-state index >= 15 is 0 Å². The van der Waals surface area contributed by atoms with Crippen molar-refractivity contribution < 1.29 is 23.8 Å². The first-order valence-electron chi connectivity index (χ1n) is 12.5. The molecular weight excluding hydrogens is 486 g/mol. The van der Waals surface area contributed by atoms with Gasteiger partial charge in [0.15, 0.2) is 22.8 Å². The predicted octanol–water partition coefficient (Wildman–Crippen LogP) is 3.09. The Morgan fingerprint density at radius 2 is 1.71 bits per heavy atom. The number of rotatable bonds is 5. The van der Waals surface area contributed by atoms with Crippen LogP contribution < -0.4 is 14.4 Å². The topological polar surface area (TPSA) is 98.5 Å². The summed E-state index contributed by atoms with van der Waals surface area (Å²) in [4.78, 5) is 34.6. The molecule has 0 bridgehead atoms. The number of carbonyl (C=O) groups excluding carboxylic acids is 2. The molecule has 0 radical (unpaired) electrons. The van der Waals surface area contributed by atoms with Gasteiger partial charge < -0.3 is 24.0 Å². The Balaban J connectivity index is 1.32. The summed E-state index contributed by atoms with van der Waals surface area (Å²) in [5.74, 6) is 0.932. The zero-order chi connectivity index (χ0) is 26.2. The molecule has 0 unspecified atom stereocenters. The molecule has 6 rings (SSSR count). The number of hydrogen-bond donors (Lipinski definition) is 0. The molecule has 2 amide bonds. The highest BCUT2D eigenvalue weighted by Gasteiger charge is 2.29. The lowest BCUT2D eigenvalue weighted by atomic mass is 10.1. The monoisotopic (exact) mass is 513 g/mol. The summed E-state index contributed by atoms with van der Waals surface area (Å²) in [6, 6.07) is 14.7. The molecule has 0 N–H and O–H groups in total. The first kappa shape index (κ1) is 23.9. The molecule has 2 aliphatic rings. The third-order valence-electron chi connectivity index (χ3n) is 7.03. The number of benzene rings is 2. The van der Waals surface area contributed by atoms with Crippen LogP contribution in [0.4, 0.5) is 5.69 Å². The van der Waals surface area contributed by atoms with Gasteiger partial charge in [0.25, 0.3) is 11.8 Å². The molecular formula is C28H27N5O5. The molecule has 4 heterocycles. The minimum absolute atomic E-state index is 0.0492. The maximum Gasteiger partial charge on any atom is 0.278 e. The molecule has 10 heteroatoms. The van der Waals surface area contributed by atoms with Crippen molar-refractivity contribution in [2.45, 2.75) is 6.42 Å². The third-order valence-corrected chi connectivity index (χ3v) is 7.03. The average Bonchev–Trinajstić information content (AvgIpc) is 3.60. The van der Waals surface area contributed by atoms with E-state index in [4.69, 9.17) is 14.2 Å². The Morgan fingerprint density at radius 3 is 2.50 bits per heavy atom. The molecule has 2 aromatic carbocycles. The smallest absolute Gasteiger partial charge is 0.278 e. The van der Waals surface area contributed by atoms with Gasteiger partial charge in [-0.1, -0.05) is 6.07 Å². The van der Waals surface area contributed by atoms with Crippen LogP contribution in [0, 0.1) is 0 Å².